The van der Waals surface area contributed by atoms with Gasteiger partial charge in [0.2, 0.25) is 6.29 Å². The van der Waals surface area contributed by atoms with E-state index in [1.807, 2.05) is 104 Å². The number of anilines is 7. The van der Waals surface area contributed by atoms with Gasteiger partial charge in [-0.25, -0.2) is 64.7 Å². The average molecular weight is 2260 g/mol. The molecular weight excluding hydrogens is 2080 g/mol. The number of hydrogen-bond acceptors (Lipinski definition) is 40. The third kappa shape index (κ3) is 76.4. The summed E-state index contributed by atoms with van der Waals surface area (Å²) >= 11 is 9.73. The molecule has 150 heavy (non-hydrogen) atoms. The number of nitrogens with one attached hydrogen (secondary N) is 6. The molecule has 0 saturated carbocycles. The number of alkyl halides is 3. The molecule has 1 aromatic carbocycles. The quantitative estimate of drug-likeness (QED) is 0.00508. The van der Waals surface area contributed by atoms with Crippen molar-refractivity contribution in [3.8, 4) is 0 Å². The number of nitrogens with zero attached hydrogens (tertiary/aromatic N) is 8. The maximum atomic E-state index is 12.4. The summed E-state index contributed by atoms with van der Waals surface area (Å²) in [6.07, 6.45) is -1.92. The molecule has 7 aromatic heterocycles. The number of aliphatic hydroxyl groups is 1. The number of aryl methyl sites for hydroxylation is 9. The van der Waals surface area contributed by atoms with E-state index < -0.39 is 70.9 Å². The van der Waals surface area contributed by atoms with Gasteiger partial charge >= 0.3 is 67.4 Å². The predicted octanol–water partition coefficient (Wildman–Crippen LogP) is 21.7. The van der Waals surface area contributed by atoms with Crippen LogP contribution in [-0.2, 0) is 102 Å². The molecule has 0 atom stereocenters. The van der Waals surface area contributed by atoms with Crippen LogP contribution in [0.25, 0.3) is 0 Å². The molecule has 0 fully saturated rings. The number of halogens is 3. The molecule has 857 valence electrons. The molecule has 0 spiro atoms. The van der Waals surface area contributed by atoms with Crippen molar-refractivity contribution in [3.05, 3.63) is 109 Å². The fourth-order valence-corrected chi connectivity index (χ4v) is 15.7. The van der Waals surface area contributed by atoms with Gasteiger partial charge in [0.1, 0.15) is 39.6 Å². The predicted molar refractivity (Wildman–Crippen MR) is 610 cm³/mol. The Bertz CT molecular complexity index is 5110. The van der Waals surface area contributed by atoms with E-state index >= 15 is 0 Å². The van der Waals surface area contributed by atoms with Crippen molar-refractivity contribution < 1.29 is 137 Å². The Hall–Kier alpha value is -10.1. The second kappa shape index (κ2) is 84.4. The molecule has 0 bridgehead atoms. The molecule has 51 heteroatoms. The zero-order valence-electron chi connectivity index (χ0n) is 90.3. The van der Waals surface area contributed by atoms with E-state index in [1.54, 1.807) is 114 Å². The molecule has 9 rings (SSSR count). The minimum atomic E-state index is -4.64. The zero-order chi connectivity index (χ0) is 110. The average Bonchev–Trinajstić information content (AvgIpc) is 1.63. The van der Waals surface area contributed by atoms with E-state index in [0.717, 1.165) is 89.8 Å². The molecule has 0 aliphatic carbocycles. The number of aromatic nitrogens is 7. The molecule has 7 amide bonds. The van der Waals surface area contributed by atoms with Crippen molar-refractivity contribution in [3.63, 3.8) is 0 Å². The number of aldehydes is 1. The molecular formula is C99H178BF3LiN18O21S7. The van der Waals surface area contributed by atoms with Gasteiger partial charge in [-0.15, -0.1) is 84.9 Å². The molecule has 8 heterocycles. The Kier molecular flexibility index (Phi) is 91.4. The van der Waals surface area contributed by atoms with E-state index in [9.17, 15) is 65.9 Å². The number of rotatable bonds is 24. The minimum Gasteiger partial charge on any atom is -1.00 e. The molecule has 3 radical (unpaired) electrons. The first-order valence-electron chi connectivity index (χ1n) is 45.0. The fourth-order valence-electron chi connectivity index (χ4n) is 10.1. The summed E-state index contributed by atoms with van der Waals surface area (Å²) in [5.74, 6) is 3.36. The molecule has 0 unspecified atom stereocenters. The van der Waals surface area contributed by atoms with E-state index in [2.05, 4.69) is 76.8 Å². The number of ether oxygens (including phenoxy) is 7. The second-order valence-electron chi connectivity index (χ2n) is 33.3. The van der Waals surface area contributed by atoms with E-state index in [-0.39, 0.29) is 149 Å². The number of amides is 7. The SMILES string of the molecule is C.C.C.C.C.C.C.C.CC.CC(=O)CCCc1nc(N)sc1C.CC(=O)CCCc1nc(NC(=O)OC(C)(C)C)sc1C.COC(=O)Cc1nc(N)sc1C.COC(=O)Cc1nc(NC(=O)OC(C)(C)C)sc1C.Cc1sc(NC(=O)OC(C)(C)C)nc1CCN.Cc1sc(NC(=O)OC(C)(C)C)nc1CCN1C(=O)c2ccccc2C1=O.Cc1sc(NC(=O)OC(C)(C)C)nc1CCO.NNO.O=CC(F)(F)F.[2H]CC.[2H]CC.[B].[H-].[Li+]. The number of nitrogen functional groups attached to an aromatic ring is 2. The van der Waals surface area contributed by atoms with Crippen LogP contribution in [0, 0.1) is 48.5 Å². The minimum absolute atomic E-state index is 0. The van der Waals surface area contributed by atoms with Crippen molar-refractivity contribution in [2.24, 2.45) is 11.6 Å². The molecule has 1 aliphatic heterocycles. The zero-order valence-corrected chi connectivity index (χ0v) is 93.0. The van der Waals surface area contributed by atoms with Crippen LogP contribution in [0.3, 0.4) is 0 Å². The van der Waals surface area contributed by atoms with Crippen LogP contribution in [0.1, 0.15) is 343 Å². The first kappa shape index (κ1) is 162. The van der Waals surface area contributed by atoms with Gasteiger partial charge in [0.05, 0.1) is 78.0 Å². The number of esters is 2. The van der Waals surface area contributed by atoms with Gasteiger partial charge in [0.25, 0.3) is 11.8 Å². The molecule has 39 nitrogen and oxygen atoms in total. The third-order valence-electron chi connectivity index (χ3n) is 15.6. The van der Waals surface area contributed by atoms with Crippen molar-refractivity contribution >= 4 is 196 Å². The van der Waals surface area contributed by atoms with Crippen molar-refractivity contribution in [1.29, 1.82) is 0 Å². The number of hydrazine groups is 1. The fraction of sp³-hybridized carbons (Fsp3) is 0.606. The van der Waals surface area contributed by atoms with Gasteiger partial charge in [0, 0.05) is 90.6 Å². The standard InChI is InChI=1S/C19H21N3O4S.C14H22N2O3S.C12H18N2O4S.C11H19N3O2S.C11H18N2O3S.C9H14N2OS.C7H10N2O2S.C2HF3O.3C2H6.8CH4.B.Li.H4N2O.H/c1-11-14(20-17(27-11)21-18(25)26-19(2,3)4)9-10-22-15(23)12-7-5-6-8-13(12)16(22)24;1-9(17)7-6-8-11-10(2)20-12(15-11)16-13(18)19-14(3,4)5;1-7-8(6-9(15)17-5)13-10(19-7)14-11(16)18-12(2,3)4;1-7-8(5-6-12)13-9(17-7)14-10(15)16-11(2,3)4;1-7-8(5-6-14)12-9(17-7)13-10(15)16-11(2,3)4;1-6(12)4-3-5-8-7(2)13-9(10)11-8;1-4-5(3-6(10)11-2)9-7(8)12-4;3-2(4,5)1-6;3*1-2;;;;;;;;;;;1-2-3;/h5-8H,9-10H2,1-4H3,(H,20,21,25);6-8H2,1-5H3,(H,15,16,18);6H2,1-5H3,(H,13,14,16);5-6,12H2,1-4H3,(H,13,14,15);14H,5-6H2,1-4H3,(H,12,13,15);3-5H2,1-2H3,(H2,10,11);3H2,1-2H3,(H2,8,9);1H;3*1-2H3;8*1H4;;;2-3H,1H2;/q;;;;;;;;;;;;;;;;;;;;+1;;-1/i;;;;;;;;2*1D;;;;;;;;;;;;;. The van der Waals surface area contributed by atoms with E-state index in [4.69, 9.17) is 58.7 Å². The maximum absolute atomic E-state index is 12.4. The first-order valence-corrected chi connectivity index (χ1v) is 49.3. The Morgan fingerprint density at radius 3 is 0.867 bits per heavy atom. The van der Waals surface area contributed by atoms with Crippen molar-refractivity contribution in [2.45, 2.75) is 372 Å². The van der Waals surface area contributed by atoms with Gasteiger partial charge in [-0.3, -0.25) is 55.5 Å². The van der Waals surface area contributed by atoms with Gasteiger partial charge in [-0.2, -0.15) is 13.2 Å². The van der Waals surface area contributed by atoms with Crippen molar-refractivity contribution in [1.82, 2.24) is 45.4 Å². The van der Waals surface area contributed by atoms with Gasteiger partial charge in [-0.05, 0) is 211 Å². The van der Waals surface area contributed by atoms with Crippen molar-refractivity contribution in [2.75, 3.05) is 72.0 Å². The van der Waals surface area contributed by atoms with E-state index in [0.29, 0.717) is 104 Å². The van der Waals surface area contributed by atoms with Gasteiger partial charge in [0.15, 0.2) is 35.9 Å². The Balaban J connectivity index is -0.000000119. The van der Waals surface area contributed by atoms with Gasteiger partial charge in [-0.1, -0.05) is 113 Å². The molecule has 8 aromatic rings. The first-order chi connectivity index (χ1) is 65.7. The number of methoxy groups -OCH3 is 2. The number of benzene rings is 1. The Morgan fingerprint density at radius 2 is 0.647 bits per heavy atom. The number of carbonyl (C=O) groups is 12. The molecule has 0 saturated heterocycles. The summed E-state index contributed by atoms with van der Waals surface area (Å²) in [7, 11) is 2.68. The summed E-state index contributed by atoms with van der Waals surface area (Å²) in [4.78, 5) is 173. The number of carbonyl (C=O) groups excluding carboxylic acids is 12. The van der Waals surface area contributed by atoms with Crippen LogP contribution in [0.2, 0.25) is 0 Å². The Morgan fingerprint density at radius 1 is 0.433 bits per heavy atom. The number of aliphatic hydroxyl groups excluding tert-OH is 1. The second-order valence-corrected chi connectivity index (χ2v) is 41.8. The van der Waals surface area contributed by atoms with E-state index in [1.165, 1.54) is 109 Å². The van der Waals surface area contributed by atoms with Crippen LogP contribution < -0.4 is 74.1 Å². The number of thiazole rings is 7. The molecule has 16 N–H and O–H groups in total. The normalized spacial score (nSPS) is 10.5. The maximum Gasteiger partial charge on any atom is 1.00 e. The summed E-state index contributed by atoms with van der Waals surface area (Å²) in [5, 5.41) is 32.5. The Labute approximate surface area is 936 Å². The van der Waals surface area contributed by atoms with Crippen LogP contribution in [0.5, 0.6) is 0 Å². The van der Waals surface area contributed by atoms with Gasteiger partial charge < -0.3 is 71.7 Å². The smallest absolute Gasteiger partial charge is 1.00 e. The van der Waals surface area contributed by atoms with Crippen LogP contribution >= 0.6 is 79.4 Å². The number of ketones is 2. The summed E-state index contributed by atoms with van der Waals surface area (Å²) in [5.41, 5.74) is 21.7. The largest absolute Gasteiger partial charge is 1.00 e. The number of Topliss-reactive ketones (excluding diaryl/α,β-unsaturated/α-hetero) is 2. The third-order valence-corrected chi connectivity index (χ3v) is 21.9. The van der Waals surface area contributed by atoms with Crippen LogP contribution in [0.15, 0.2) is 24.3 Å². The number of nitrogens with two attached hydrogens (primary N) is 4. The van der Waals surface area contributed by atoms with Crippen LogP contribution in [-0.4, -0.2) is 199 Å². The molecule has 1 aliphatic rings. The number of fused-ring (bicyclic) bond motifs is 1. The number of imide groups is 1. The number of hydrogen-bond donors (Lipinski definition) is 12. The topological polar surface area (TPSA) is 580 Å². The summed E-state index contributed by atoms with van der Waals surface area (Å²) in [6, 6.07) is 6.80. The monoisotopic (exact) mass is 2260 g/mol. The summed E-state index contributed by atoms with van der Waals surface area (Å²) in [6.45, 7) is 53.1. The van der Waals surface area contributed by atoms with Crippen LogP contribution in [0.4, 0.5) is 73.1 Å². The summed E-state index contributed by atoms with van der Waals surface area (Å²) < 4.78 is 78.5.